The van der Waals surface area contributed by atoms with Gasteiger partial charge in [-0.1, -0.05) is 54.6 Å². The van der Waals surface area contributed by atoms with Crippen molar-refractivity contribution in [1.29, 1.82) is 0 Å². The molecule has 10 nitrogen and oxygen atoms in total. The second kappa shape index (κ2) is 12.3. The van der Waals surface area contributed by atoms with Crippen LogP contribution < -0.4 is 16.4 Å². The van der Waals surface area contributed by atoms with E-state index in [0.717, 1.165) is 28.1 Å². The Hall–Kier alpha value is -4.36. The summed E-state index contributed by atoms with van der Waals surface area (Å²) in [4.78, 5) is 41.2. The van der Waals surface area contributed by atoms with E-state index in [-0.39, 0.29) is 16.0 Å². The third kappa shape index (κ3) is 6.15. The zero-order chi connectivity index (χ0) is 30.8. The zero-order valence-corrected chi connectivity index (χ0v) is 25.4. The number of nitrogens with zero attached hydrogens (tertiary/aromatic N) is 2. The van der Waals surface area contributed by atoms with Crippen LogP contribution in [0.2, 0.25) is 0 Å². The van der Waals surface area contributed by atoms with Crippen molar-refractivity contribution in [3.63, 3.8) is 0 Å². The molecule has 0 bridgehead atoms. The van der Waals surface area contributed by atoms with Crippen molar-refractivity contribution in [3.05, 3.63) is 117 Å². The van der Waals surface area contributed by atoms with Gasteiger partial charge in [0.15, 0.2) is 0 Å². The third-order valence-electron chi connectivity index (χ3n) is 7.93. The van der Waals surface area contributed by atoms with Crippen molar-refractivity contribution in [3.8, 4) is 0 Å². The largest absolute Gasteiger partial charge is 0.351 e. The van der Waals surface area contributed by atoms with E-state index in [1.54, 1.807) is 0 Å². The number of primary amides is 1. The van der Waals surface area contributed by atoms with Crippen LogP contribution in [0.1, 0.15) is 47.8 Å². The molecule has 2 aliphatic rings. The molecule has 3 heterocycles. The van der Waals surface area contributed by atoms with Crippen molar-refractivity contribution in [2.75, 3.05) is 18.4 Å². The minimum Gasteiger partial charge on any atom is -0.351 e. The number of sulfonamides is 1. The SMILES string of the molecule is NC(=O)NC(=O)c1c(NC(=O)c2ccc(S(=O)(=O)N3CCc4ccccc4C3)cc2)sc2c1CCN(Cc1ccccc1)C2. The van der Waals surface area contributed by atoms with Gasteiger partial charge in [-0.05, 0) is 59.4 Å². The quantitative estimate of drug-likeness (QED) is 0.281. The van der Waals surface area contributed by atoms with Gasteiger partial charge in [0.1, 0.15) is 5.00 Å². The van der Waals surface area contributed by atoms with Crippen LogP contribution in [0.4, 0.5) is 9.80 Å². The number of anilines is 1. The molecule has 0 unspecified atom stereocenters. The molecule has 0 radical (unpaired) electrons. The first-order valence-corrected chi connectivity index (χ1v) is 16.4. The molecule has 6 rings (SSSR count). The minimum absolute atomic E-state index is 0.0973. The Bertz CT molecular complexity index is 1840. The number of amides is 4. The predicted octanol–water partition coefficient (Wildman–Crippen LogP) is 4.11. The first kappa shape index (κ1) is 29.7. The lowest BCUT2D eigenvalue weighted by Crippen LogP contribution is -2.36. The van der Waals surface area contributed by atoms with Crippen LogP contribution in [0.5, 0.6) is 0 Å². The fraction of sp³-hybridized carbons (Fsp3) is 0.219. The monoisotopic (exact) mass is 629 g/mol. The van der Waals surface area contributed by atoms with E-state index in [1.165, 1.54) is 45.5 Å². The van der Waals surface area contributed by atoms with E-state index >= 15 is 0 Å². The Morgan fingerprint density at radius 3 is 2.25 bits per heavy atom. The summed E-state index contributed by atoms with van der Waals surface area (Å²) in [6.45, 7) is 2.69. The molecule has 4 amide bonds. The molecule has 0 spiro atoms. The first-order valence-electron chi connectivity index (χ1n) is 14.2. The number of rotatable bonds is 7. The van der Waals surface area contributed by atoms with Crippen molar-refractivity contribution in [2.24, 2.45) is 5.73 Å². The van der Waals surface area contributed by atoms with Crippen molar-refractivity contribution in [1.82, 2.24) is 14.5 Å². The number of imide groups is 1. The highest BCUT2D eigenvalue weighted by atomic mass is 32.2. The number of hydrogen-bond donors (Lipinski definition) is 3. The highest BCUT2D eigenvalue weighted by Gasteiger charge is 2.31. The maximum absolute atomic E-state index is 13.4. The molecule has 0 fully saturated rings. The van der Waals surface area contributed by atoms with E-state index in [4.69, 9.17) is 5.73 Å². The molecule has 3 aromatic carbocycles. The van der Waals surface area contributed by atoms with Gasteiger partial charge in [-0.3, -0.25) is 19.8 Å². The van der Waals surface area contributed by atoms with Crippen molar-refractivity contribution in [2.45, 2.75) is 37.4 Å². The highest BCUT2D eigenvalue weighted by Crippen LogP contribution is 2.38. The van der Waals surface area contributed by atoms with Gasteiger partial charge in [-0.25, -0.2) is 13.2 Å². The first-order chi connectivity index (χ1) is 21.2. The van der Waals surface area contributed by atoms with Crippen LogP contribution in [-0.2, 0) is 42.5 Å². The van der Waals surface area contributed by atoms with Crippen molar-refractivity contribution >= 4 is 44.2 Å². The molecule has 226 valence electrons. The molecule has 44 heavy (non-hydrogen) atoms. The fourth-order valence-electron chi connectivity index (χ4n) is 5.71. The number of carbonyl (C=O) groups is 3. The van der Waals surface area contributed by atoms with Crippen LogP contribution in [0.3, 0.4) is 0 Å². The number of fused-ring (bicyclic) bond motifs is 2. The summed E-state index contributed by atoms with van der Waals surface area (Å²) >= 11 is 1.29. The van der Waals surface area contributed by atoms with Crippen molar-refractivity contribution < 1.29 is 22.8 Å². The number of hydrogen-bond acceptors (Lipinski definition) is 7. The number of nitrogens with two attached hydrogens (primary N) is 1. The van der Waals surface area contributed by atoms with E-state index in [2.05, 4.69) is 27.7 Å². The average Bonchev–Trinajstić information content (AvgIpc) is 3.38. The lowest BCUT2D eigenvalue weighted by Gasteiger charge is -2.28. The van der Waals surface area contributed by atoms with Gasteiger partial charge >= 0.3 is 6.03 Å². The predicted molar refractivity (Wildman–Crippen MR) is 168 cm³/mol. The Balaban J connectivity index is 1.20. The smallest absolute Gasteiger partial charge is 0.319 e. The molecular formula is C32H31N5O5S2. The van der Waals surface area contributed by atoms with Gasteiger partial charge in [-0.15, -0.1) is 11.3 Å². The van der Waals surface area contributed by atoms with E-state index < -0.39 is 27.9 Å². The maximum Gasteiger partial charge on any atom is 0.319 e. The van der Waals surface area contributed by atoms with E-state index in [0.29, 0.717) is 44.0 Å². The summed E-state index contributed by atoms with van der Waals surface area (Å²) in [6, 6.07) is 22.6. The standard InChI is InChI=1S/C32H31N5O5S2/c33-32(40)35-30(39)28-26-15-16-36(18-21-6-2-1-3-7-21)20-27(26)43-31(28)34-29(38)23-10-12-25(13-11-23)44(41,42)37-17-14-22-8-4-5-9-24(22)19-37/h1-13H,14-20H2,(H,34,38)(H3,33,35,39,40). The van der Waals surface area contributed by atoms with E-state index in [1.807, 2.05) is 42.5 Å². The second-order valence-electron chi connectivity index (χ2n) is 10.8. The summed E-state index contributed by atoms with van der Waals surface area (Å²) in [5, 5.41) is 5.26. The molecular weight excluding hydrogens is 599 g/mol. The van der Waals surface area contributed by atoms with Gasteiger partial charge in [-0.2, -0.15) is 4.31 Å². The number of benzene rings is 3. The molecule has 0 aliphatic carbocycles. The minimum atomic E-state index is -3.76. The molecule has 1 aromatic heterocycles. The molecule has 4 aromatic rings. The molecule has 0 atom stereocenters. The zero-order valence-electron chi connectivity index (χ0n) is 23.8. The van der Waals surface area contributed by atoms with Crippen LogP contribution in [0, 0.1) is 0 Å². The topological polar surface area (TPSA) is 142 Å². The van der Waals surface area contributed by atoms with Gasteiger partial charge in [0.2, 0.25) is 10.0 Å². The van der Waals surface area contributed by atoms with Crippen LogP contribution in [0.25, 0.3) is 0 Å². The normalized spacial score (nSPS) is 15.2. The maximum atomic E-state index is 13.4. The number of nitrogens with one attached hydrogen (secondary N) is 2. The molecule has 4 N–H and O–H groups in total. The summed E-state index contributed by atoms with van der Waals surface area (Å²) in [6.07, 6.45) is 1.19. The molecule has 0 saturated heterocycles. The summed E-state index contributed by atoms with van der Waals surface area (Å²) < 4.78 is 28.2. The average molecular weight is 630 g/mol. The lowest BCUT2D eigenvalue weighted by atomic mass is 10.0. The third-order valence-corrected chi connectivity index (χ3v) is 10.9. The van der Waals surface area contributed by atoms with Gasteiger partial charge in [0.05, 0.1) is 10.5 Å². The molecule has 12 heteroatoms. The Morgan fingerprint density at radius 1 is 0.818 bits per heavy atom. The summed E-state index contributed by atoms with van der Waals surface area (Å²) in [5.74, 6) is -1.18. The Kier molecular flexibility index (Phi) is 8.32. The van der Waals surface area contributed by atoms with Crippen LogP contribution in [0.15, 0.2) is 83.8 Å². The van der Waals surface area contributed by atoms with Gasteiger partial charge in [0.25, 0.3) is 11.8 Å². The fourth-order valence-corrected chi connectivity index (χ4v) is 8.41. The Morgan fingerprint density at radius 2 is 1.52 bits per heavy atom. The molecule has 0 saturated carbocycles. The number of urea groups is 1. The molecule has 2 aliphatic heterocycles. The summed E-state index contributed by atoms with van der Waals surface area (Å²) in [7, 11) is -3.76. The highest BCUT2D eigenvalue weighted by molar-refractivity contribution is 7.89. The van der Waals surface area contributed by atoms with Gasteiger partial charge in [0, 0.05) is 43.2 Å². The van der Waals surface area contributed by atoms with Crippen LogP contribution in [-0.4, -0.2) is 48.6 Å². The number of thiophene rings is 1. The summed E-state index contributed by atoms with van der Waals surface area (Å²) in [5.41, 5.74) is 9.76. The lowest BCUT2D eigenvalue weighted by molar-refractivity contribution is 0.0965. The second-order valence-corrected chi connectivity index (χ2v) is 13.9. The van der Waals surface area contributed by atoms with E-state index in [9.17, 15) is 22.8 Å². The number of carbonyl (C=O) groups excluding carboxylic acids is 3. The van der Waals surface area contributed by atoms with Crippen LogP contribution >= 0.6 is 11.3 Å². The van der Waals surface area contributed by atoms with Gasteiger partial charge < -0.3 is 11.1 Å². The Labute approximate surface area is 259 Å².